The molecule has 2 aromatic rings. The van der Waals surface area contributed by atoms with Crippen molar-refractivity contribution in [2.24, 2.45) is 23.7 Å². The lowest BCUT2D eigenvalue weighted by atomic mass is 9.70. The molecule has 0 bridgehead atoms. The zero-order chi connectivity index (χ0) is 24.0. The van der Waals surface area contributed by atoms with Crippen LogP contribution in [0.3, 0.4) is 0 Å². The van der Waals surface area contributed by atoms with Crippen LogP contribution in [0.25, 0.3) is 0 Å². The van der Waals surface area contributed by atoms with Crippen LogP contribution in [0.2, 0.25) is 0 Å². The molecule has 0 spiro atoms. The first-order chi connectivity index (χ1) is 15.7. The van der Waals surface area contributed by atoms with Gasteiger partial charge in [-0.3, -0.25) is 9.78 Å². The van der Waals surface area contributed by atoms with Crippen LogP contribution in [0.4, 0.5) is 0 Å². The highest BCUT2D eigenvalue weighted by atomic mass is 32.2. The summed E-state index contributed by atoms with van der Waals surface area (Å²) in [5.74, 6) is 0.962. The maximum absolute atomic E-state index is 12.8. The van der Waals surface area contributed by atoms with E-state index < -0.39 is 10.0 Å². The van der Waals surface area contributed by atoms with Gasteiger partial charge in [0.1, 0.15) is 0 Å². The van der Waals surface area contributed by atoms with Crippen molar-refractivity contribution < 1.29 is 13.2 Å². The van der Waals surface area contributed by atoms with Gasteiger partial charge in [0, 0.05) is 31.9 Å². The Hall–Kier alpha value is -2.51. The zero-order valence-electron chi connectivity index (χ0n) is 19.9. The van der Waals surface area contributed by atoms with E-state index in [1.165, 1.54) is 0 Å². The average Bonchev–Trinajstić information content (AvgIpc) is 2.78. The second kappa shape index (κ2) is 11.1. The van der Waals surface area contributed by atoms with Crippen LogP contribution in [0.1, 0.15) is 44.7 Å². The molecule has 33 heavy (non-hydrogen) atoms. The minimum atomic E-state index is -3.56. The first kappa shape index (κ1) is 25.1. The monoisotopic (exact) mass is 469 g/mol. The predicted molar refractivity (Wildman–Crippen MR) is 131 cm³/mol. The van der Waals surface area contributed by atoms with E-state index in [-0.39, 0.29) is 22.6 Å². The number of sulfonamides is 1. The summed E-state index contributed by atoms with van der Waals surface area (Å²) < 4.78 is 28.3. The lowest BCUT2D eigenvalue weighted by molar-refractivity contribution is -0.122. The van der Waals surface area contributed by atoms with E-state index in [4.69, 9.17) is 0 Å². The third kappa shape index (κ3) is 6.98. The van der Waals surface area contributed by atoms with Crippen LogP contribution in [0, 0.1) is 30.6 Å². The molecular formula is C26H35N3O3S. The van der Waals surface area contributed by atoms with Gasteiger partial charge in [-0.25, -0.2) is 13.1 Å². The number of nitrogens with zero attached hydrogens (tertiary/aromatic N) is 1. The molecule has 1 amide bonds. The maximum atomic E-state index is 12.8. The second-order valence-corrected chi connectivity index (χ2v) is 11.2. The predicted octanol–water partition coefficient (Wildman–Crippen LogP) is 4.23. The molecule has 0 aliphatic heterocycles. The topological polar surface area (TPSA) is 88.2 Å². The fourth-order valence-electron chi connectivity index (χ4n) is 4.51. The highest BCUT2D eigenvalue weighted by molar-refractivity contribution is 7.89. The van der Waals surface area contributed by atoms with Crippen molar-refractivity contribution in [3.63, 3.8) is 0 Å². The number of carbonyl (C=O) groups is 1. The number of amides is 1. The van der Waals surface area contributed by atoms with Gasteiger partial charge in [-0.1, -0.05) is 49.3 Å². The van der Waals surface area contributed by atoms with Crippen molar-refractivity contribution in [1.29, 1.82) is 0 Å². The molecule has 3 atom stereocenters. The Morgan fingerprint density at radius 2 is 1.88 bits per heavy atom. The summed E-state index contributed by atoms with van der Waals surface area (Å²) in [6.07, 6.45) is 6.95. The summed E-state index contributed by atoms with van der Waals surface area (Å²) in [5.41, 5.74) is 3.15. The Bertz CT molecular complexity index is 1060. The molecule has 1 aromatic carbocycles. The molecule has 1 aromatic heterocycles. The zero-order valence-corrected chi connectivity index (χ0v) is 20.7. The number of rotatable bonds is 9. The number of allylic oxidation sites excluding steroid dienone is 1. The number of nitrogens with one attached hydrogen (secondary N) is 2. The van der Waals surface area contributed by atoms with E-state index in [0.717, 1.165) is 23.1 Å². The van der Waals surface area contributed by atoms with E-state index in [2.05, 4.69) is 41.9 Å². The number of benzene rings is 1. The van der Waals surface area contributed by atoms with Crippen LogP contribution < -0.4 is 10.0 Å². The van der Waals surface area contributed by atoms with Crippen LogP contribution in [0.5, 0.6) is 0 Å². The molecular weight excluding hydrogens is 434 g/mol. The fraction of sp³-hybridized carbons (Fsp3) is 0.462. The standard InChI is InChI=1S/C26H35N3O3S/c1-18(2)25-13-22(14-26(30)28-16-21-6-5-11-27-15-21)20(4)12-23(25)17-29-33(31,32)24-9-7-19(3)8-10-24/h5-12,15,18,22-23,25,29H,13-14,16-17H2,1-4H3,(H,28,30). The summed E-state index contributed by atoms with van der Waals surface area (Å²) >= 11 is 0. The van der Waals surface area contributed by atoms with Gasteiger partial charge in [0.15, 0.2) is 0 Å². The average molecular weight is 470 g/mol. The number of hydrogen-bond donors (Lipinski definition) is 2. The van der Waals surface area contributed by atoms with Crippen LogP contribution >= 0.6 is 0 Å². The number of aromatic nitrogens is 1. The molecule has 7 heteroatoms. The highest BCUT2D eigenvalue weighted by Gasteiger charge is 2.33. The summed E-state index contributed by atoms with van der Waals surface area (Å²) in [5, 5.41) is 2.99. The lowest BCUT2D eigenvalue weighted by Crippen LogP contribution is -2.37. The third-order valence-electron chi connectivity index (χ3n) is 6.57. The Kier molecular flexibility index (Phi) is 8.43. The number of pyridine rings is 1. The molecule has 6 nitrogen and oxygen atoms in total. The third-order valence-corrected chi connectivity index (χ3v) is 8.01. The molecule has 1 aliphatic carbocycles. The normalized spacial score (nSPS) is 21.0. The number of hydrogen-bond acceptors (Lipinski definition) is 4. The summed E-state index contributed by atoms with van der Waals surface area (Å²) in [6, 6.07) is 10.7. The van der Waals surface area contributed by atoms with E-state index in [0.29, 0.717) is 31.3 Å². The summed E-state index contributed by atoms with van der Waals surface area (Å²) in [4.78, 5) is 16.9. The Morgan fingerprint density at radius 3 is 2.52 bits per heavy atom. The van der Waals surface area contributed by atoms with Gasteiger partial charge in [0.05, 0.1) is 4.90 Å². The van der Waals surface area contributed by atoms with Gasteiger partial charge < -0.3 is 5.32 Å². The first-order valence-electron chi connectivity index (χ1n) is 11.6. The molecule has 1 heterocycles. The van der Waals surface area contributed by atoms with Gasteiger partial charge in [-0.2, -0.15) is 0 Å². The Balaban J connectivity index is 1.62. The van der Waals surface area contributed by atoms with Crippen molar-refractivity contribution in [3.05, 3.63) is 71.6 Å². The molecule has 3 unspecified atom stereocenters. The molecule has 0 saturated heterocycles. The number of aryl methyl sites for hydroxylation is 1. The molecule has 178 valence electrons. The van der Waals surface area contributed by atoms with Gasteiger partial charge >= 0.3 is 0 Å². The molecule has 0 radical (unpaired) electrons. The maximum Gasteiger partial charge on any atom is 0.240 e. The molecule has 1 aliphatic rings. The van der Waals surface area contributed by atoms with Crippen LogP contribution in [0.15, 0.2) is 65.3 Å². The number of carbonyl (C=O) groups excluding carboxylic acids is 1. The second-order valence-electron chi connectivity index (χ2n) is 9.42. The van der Waals surface area contributed by atoms with Crippen molar-refractivity contribution >= 4 is 15.9 Å². The SMILES string of the molecule is CC1=CC(CNS(=O)(=O)c2ccc(C)cc2)C(C(C)C)CC1CC(=O)NCc1cccnc1. The van der Waals surface area contributed by atoms with E-state index in [9.17, 15) is 13.2 Å². The molecule has 2 N–H and O–H groups in total. The van der Waals surface area contributed by atoms with Crippen molar-refractivity contribution in [2.45, 2.75) is 52.0 Å². The largest absolute Gasteiger partial charge is 0.352 e. The van der Waals surface area contributed by atoms with E-state index in [1.54, 1.807) is 36.7 Å². The van der Waals surface area contributed by atoms with Gasteiger partial charge in [-0.05, 0) is 67.7 Å². The Labute approximate surface area is 198 Å². The summed E-state index contributed by atoms with van der Waals surface area (Å²) in [7, 11) is -3.56. The van der Waals surface area contributed by atoms with E-state index >= 15 is 0 Å². The lowest BCUT2D eigenvalue weighted by Gasteiger charge is -2.37. The Morgan fingerprint density at radius 1 is 1.15 bits per heavy atom. The minimum absolute atomic E-state index is 0.0256. The molecule has 3 rings (SSSR count). The van der Waals surface area contributed by atoms with Crippen molar-refractivity contribution in [2.75, 3.05) is 6.54 Å². The highest BCUT2D eigenvalue weighted by Crippen LogP contribution is 2.38. The van der Waals surface area contributed by atoms with E-state index in [1.807, 2.05) is 19.1 Å². The van der Waals surface area contributed by atoms with Crippen LogP contribution in [-0.4, -0.2) is 25.9 Å². The van der Waals surface area contributed by atoms with Crippen LogP contribution in [-0.2, 0) is 21.4 Å². The molecule has 0 saturated carbocycles. The first-order valence-corrected chi connectivity index (χ1v) is 13.0. The van der Waals surface area contributed by atoms with Crippen molar-refractivity contribution in [3.8, 4) is 0 Å². The van der Waals surface area contributed by atoms with Gasteiger partial charge in [0.2, 0.25) is 15.9 Å². The van der Waals surface area contributed by atoms with Crippen molar-refractivity contribution in [1.82, 2.24) is 15.0 Å². The van der Waals surface area contributed by atoms with Gasteiger partial charge in [-0.15, -0.1) is 0 Å². The molecule has 0 fully saturated rings. The quantitative estimate of drug-likeness (QED) is 0.538. The smallest absolute Gasteiger partial charge is 0.240 e. The summed E-state index contributed by atoms with van der Waals surface area (Å²) in [6.45, 7) is 9.15. The minimum Gasteiger partial charge on any atom is -0.352 e. The van der Waals surface area contributed by atoms with Gasteiger partial charge in [0.25, 0.3) is 0 Å². The fourth-order valence-corrected chi connectivity index (χ4v) is 5.59.